The first kappa shape index (κ1) is 18.0. The van der Waals surface area contributed by atoms with Crippen molar-refractivity contribution in [2.45, 2.75) is 12.5 Å². The van der Waals surface area contributed by atoms with Crippen LogP contribution in [0.2, 0.25) is 0 Å². The monoisotopic (exact) mass is 355 g/mol. The molecule has 138 valence electrons. The van der Waals surface area contributed by atoms with Crippen LogP contribution in [-0.2, 0) is 6.42 Å². The Bertz CT molecular complexity index is 816. The van der Waals surface area contributed by atoms with Crippen LogP contribution >= 0.6 is 0 Å². The minimum atomic E-state index is 0.188. The lowest BCUT2D eigenvalue weighted by Crippen LogP contribution is -2.24. The Labute approximate surface area is 154 Å². The predicted molar refractivity (Wildman–Crippen MR) is 102 cm³/mol. The van der Waals surface area contributed by atoms with E-state index in [1.54, 1.807) is 28.4 Å². The highest BCUT2D eigenvalue weighted by Gasteiger charge is 2.24. The Morgan fingerprint density at radius 3 is 2.08 bits per heavy atom. The first-order valence-corrected chi connectivity index (χ1v) is 8.48. The molecular formula is C21H25NO4. The summed E-state index contributed by atoms with van der Waals surface area (Å²) in [6.45, 7) is 0. The summed E-state index contributed by atoms with van der Waals surface area (Å²) in [7, 11) is 8.71. The lowest BCUT2D eigenvalue weighted by molar-refractivity contribution is 0.323. The van der Waals surface area contributed by atoms with E-state index < -0.39 is 0 Å². The maximum absolute atomic E-state index is 5.50. The summed E-state index contributed by atoms with van der Waals surface area (Å²) in [4.78, 5) is 2.21. The summed E-state index contributed by atoms with van der Waals surface area (Å²) in [5.74, 6) is 2.96. The van der Waals surface area contributed by atoms with Crippen LogP contribution in [0.1, 0.15) is 22.7 Å². The Morgan fingerprint density at radius 1 is 0.808 bits per heavy atom. The van der Waals surface area contributed by atoms with Crippen LogP contribution in [0.5, 0.6) is 23.0 Å². The van der Waals surface area contributed by atoms with E-state index in [0.717, 1.165) is 35.0 Å². The van der Waals surface area contributed by atoms with Gasteiger partial charge in [0, 0.05) is 7.05 Å². The number of rotatable bonds is 6. The summed E-state index contributed by atoms with van der Waals surface area (Å²) in [5.41, 5.74) is 3.53. The Balaban J connectivity index is 1.97. The molecule has 0 unspecified atom stereocenters. The molecule has 0 saturated heterocycles. The van der Waals surface area contributed by atoms with Gasteiger partial charge in [0.25, 0.3) is 0 Å². The Kier molecular flexibility index (Phi) is 5.26. The maximum Gasteiger partial charge on any atom is 0.161 e. The fourth-order valence-corrected chi connectivity index (χ4v) is 3.35. The third kappa shape index (κ3) is 3.29. The molecule has 1 atom stereocenters. The quantitative estimate of drug-likeness (QED) is 0.785. The molecule has 0 saturated carbocycles. The van der Waals surface area contributed by atoms with Gasteiger partial charge in [0.2, 0.25) is 0 Å². The van der Waals surface area contributed by atoms with Gasteiger partial charge in [-0.2, -0.15) is 0 Å². The number of methoxy groups -OCH3 is 4. The summed E-state index contributed by atoms with van der Waals surface area (Å²) >= 11 is 0. The third-order valence-electron chi connectivity index (χ3n) is 4.81. The molecule has 0 fully saturated rings. The van der Waals surface area contributed by atoms with Crippen LogP contribution in [0, 0.1) is 0 Å². The molecule has 0 bridgehead atoms. The van der Waals surface area contributed by atoms with E-state index in [9.17, 15) is 0 Å². The van der Waals surface area contributed by atoms with Crippen molar-refractivity contribution in [2.24, 2.45) is 0 Å². The molecular weight excluding hydrogens is 330 g/mol. The van der Waals surface area contributed by atoms with Crippen molar-refractivity contribution in [3.05, 3.63) is 53.2 Å². The van der Waals surface area contributed by atoms with Crippen LogP contribution < -0.4 is 18.9 Å². The molecule has 5 nitrogen and oxygen atoms in total. The molecule has 5 heteroatoms. The van der Waals surface area contributed by atoms with Gasteiger partial charge < -0.3 is 23.8 Å². The average molecular weight is 355 g/mol. The van der Waals surface area contributed by atoms with E-state index in [1.807, 2.05) is 18.2 Å². The molecule has 1 aliphatic rings. The van der Waals surface area contributed by atoms with E-state index >= 15 is 0 Å². The summed E-state index contributed by atoms with van der Waals surface area (Å²) < 4.78 is 21.7. The van der Waals surface area contributed by atoms with Gasteiger partial charge in [-0.05, 0) is 59.7 Å². The van der Waals surface area contributed by atoms with Gasteiger partial charge in [0.15, 0.2) is 23.0 Å². The first-order valence-electron chi connectivity index (χ1n) is 8.48. The van der Waals surface area contributed by atoms with Gasteiger partial charge in [0.05, 0.1) is 34.5 Å². The summed E-state index contributed by atoms with van der Waals surface area (Å²) in [6, 6.07) is 10.3. The van der Waals surface area contributed by atoms with Crippen molar-refractivity contribution >= 4 is 6.08 Å². The Morgan fingerprint density at radius 2 is 1.42 bits per heavy atom. The zero-order chi connectivity index (χ0) is 18.7. The van der Waals surface area contributed by atoms with Crippen LogP contribution in [0.15, 0.2) is 36.5 Å². The summed E-state index contributed by atoms with van der Waals surface area (Å²) in [6.07, 6.45) is 5.03. The summed E-state index contributed by atoms with van der Waals surface area (Å²) in [5, 5.41) is 0. The van der Waals surface area contributed by atoms with Gasteiger partial charge >= 0.3 is 0 Å². The fourth-order valence-electron chi connectivity index (χ4n) is 3.35. The molecule has 26 heavy (non-hydrogen) atoms. The lowest BCUT2D eigenvalue weighted by atomic mass is 9.91. The van der Waals surface area contributed by atoms with E-state index in [1.165, 1.54) is 11.1 Å². The minimum absolute atomic E-state index is 0.188. The third-order valence-corrected chi connectivity index (χ3v) is 4.81. The molecule has 1 aliphatic heterocycles. The number of hydrogen-bond donors (Lipinski definition) is 0. The number of ether oxygens (including phenoxy) is 4. The Hall–Kier alpha value is -2.82. The smallest absolute Gasteiger partial charge is 0.161 e. The molecule has 0 spiro atoms. The molecule has 0 N–H and O–H groups in total. The zero-order valence-corrected chi connectivity index (χ0v) is 15.9. The molecule has 0 amide bonds. The van der Waals surface area contributed by atoms with Crippen molar-refractivity contribution in [3.8, 4) is 23.0 Å². The second-order valence-corrected chi connectivity index (χ2v) is 6.23. The number of fused-ring (bicyclic) bond motifs is 1. The zero-order valence-electron chi connectivity index (χ0n) is 15.9. The molecule has 2 aromatic carbocycles. The number of benzene rings is 2. The number of nitrogens with zero attached hydrogens (tertiary/aromatic N) is 1. The van der Waals surface area contributed by atoms with Gasteiger partial charge in [-0.25, -0.2) is 0 Å². The average Bonchev–Trinajstić information content (AvgIpc) is 2.68. The van der Waals surface area contributed by atoms with E-state index in [0.29, 0.717) is 0 Å². The molecule has 2 aromatic rings. The lowest BCUT2D eigenvalue weighted by Gasteiger charge is -2.32. The van der Waals surface area contributed by atoms with Gasteiger partial charge in [-0.1, -0.05) is 6.07 Å². The molecule has 0 radical (unpaired) electrons. The van der Waals surface area contributed by atoms with Gasteiger partial charge in [-0.15, -0.1) is 0 Å². The normalized spacial score (nSPS) is 15.4. The second kappa shape index (κ2) is 7.60. The van der Waals surface area contributed by atoms with E-state index in [4.69, 9.17) is 18.9 Å². The molecule has 0 aliphatic carbocycles. The molecule has 1 heterocycles. The van der Waals surface area contributed by atoms with Crippen molar-refractivity contribution < 1.29 is 18.9 Å². The second-order valence-electron chi connectivity index (χ2n) is 6.23. The number of hydrogen-bond acceptors (Lipinski definition) is 5. The molecule has 3 rings (SSSR count). The van der Waals surface area contributed by atoms with Crippen LogP contribution in [-0.4, -0.2) is 40.4 Å². The van der Waals surface area contributed by atoms with Gasteiger partial charge in [0.1, 0.15) is 0 Å². The topological polar surface area (TPSA) is 40.2 Å². The van der Waals surface area contributed by atoms with Crippen LogP contribution in [0.25, 0.3) is 6.08 Å². The van der Waals surface area contributed by atoms with E-state index in [2.05, 4.69) is 36.4 Å². The van der Waals surface area contributed by atoms with Crippen molar-refractivity contribution in [1.29, 1.82) is 0 Å². The number of likely N-dealkylation sites (N-methyl/N-ethyl adjacent to an activating group) is 1. The van der Waals surface area contributed by atoms with Crippen molar-refractivity contribution in [2.75, 3.05) is 35.5 Å². The SMILES string of the molecule is COc1ccc(C[C@H]2c3cc(OC)c(OC)cc3C=CN2C)cc1OC. The molecule has 0 aromatic heterocycles. The highest BCUT2D eigenvalue weighted by Crippen LogP contribution is 2.40. The highest BCUT2D eigenvalue weighted by molar-refractivity contribution is 5.63. The van der Waals surface area contributed by atoms with Crippen LogP contribution in [0.4, 0.5) is 0 Å². The standard InChI is InChI=1S/C21H25NO4/c1-22-9-8-15-12-20(25-4)21(26-5)13-16(15)17(22)10-14-6-7-18(23-2)19(11-14)24-3/h6-9,11-13,17H,10H2,1-5H3/t17-/m0/s1. The van der Waals surface area contributed by atoms with Gasteiger partial charge in [-0.3, -0.25) is 0 Å². The van der Waals surface area contributed by atoms with Crippen molar-refractivity contribution in [3.63, 3.8) is 0 Å². The first-order chi connectivity index (χ1) is 12.6. The minimum Gasteiger partial charge on any atom is -0.493 e. The van der Waals surface area contributed by atoms with E-state index in [-0.39, 0.29) is 6.04 Å². The van der Waals surface area contributed by atoms with Crippen molar-refractivity contribution in [1.82, 2.24) is 4.90 Å². The highest BCUT2D eigenvalue weighted by atomic mass is 16.5. The van der Waals surface area contributed by atoms with Crippen LogP contribution in [0.3, 0.4) is 0 Å². The predicted octanol–water partition coefficient (Wildman–Crippen LogP) is 3.92. The maximum atomic E-state index is 5.50. The fraction of sp³-hybridized carbons (Fsp3) is 0.333. The largest absolute Gasteiger partial charge is 0.493 e.